The SMILES string of the molecule is CC(C)CC(C(=O)NC(C(=O)NCCCn1cc(CN2CCCN(C(=O)OC(C)(C)C)CCN(C(=O)OC(C)(C)C)CCCN(C(=O)OC(C)(C)C)CC2)nn1)C(C)(C)C)C(O)C(=O)NO. The first kappa shape index (κ1) is 57.4. The van der Waals surface area contributed by atoms with Crippen molar-refractivity contribution in [2.24, 2.45) is 17.3 Å². The molecule has 3 atom stereocenters. The Labute approximate surface area is 391 Å². The van der Waals surface area contributed by atoms with Gasteiger partial charge in [-0.25, -0.2) is 19.9 Å². The van der Waals surface area contributed by atoms with Crippen molar-refractivity contribution in [3.63, 3.8) is 0 Å². The molecule has 0 bridgehead atoms. The summed E-state index contributed by atoms with van der Waals surface area (Å²) in [7, 11) is 0. The Morgan fingerprint density at radius 3 is 1.59 bits per heavy atom. The molecule has 1 saturated heterocycles. The van der Waals surface area contributed by atoms with Gasteiger partial charge >= 0.3 is 18.3 Å². The summed E-state index contributed by atoms with van der Waals surface area (Å²) in [6.07, 6.45) is 0.136. The minimum Gasteiger partial charge on any atom is -0.444 e. The molecule has 21 heteroatoms. The minimum atomic E-state index is -1.81. The minimum absolute atomic E-state index is 0.0686. The molecular formula is C45H82N10O11. The molecule has 0 spiro atoms. The maximum absolute atomic E-state index is 13.5. The number of aliphatic hydroxyl groups excluding tert-OH is 1. The smallest absolute Gasteiger partial charge is 0.410 e. The van der Waals surface area contributed by atoms with Crippen LogP contribution in [0.25, 0.3) is 0 Å². The van der Waals surface area contributed by atoms with Gasteiger partial charge in [0.25, 0.3) is 5.91 Å². The first-order chi connectivity index (χ1) is 30.4. The zero-order valence-electron chi connectivity index (χ0n) is 42.2. The van der Waals surface area contributed by atoms with Crippen LogP contribution in [0, 0.1) is 17.3 Å². The Morgan fingerprint density at radius 1 is 0.682 bits per heavy atom. The van der Waals surface area contributed by atoms with Gasteiger partial charge in [0.2, 0.25) is 11.8 Å². The fourth-order valence-corrected chi connectivity index (χ4v) is 6.94. The van der Waals surface area contributed by atoms with Crippen LogP contribution in [0.2, 0.25) is 0 Å². The number of nitrogens with zero attached hydrogens (tertiary/aromatic N) is 7. The molecule has 0 aromatic carbocycles. The molecule has 21 nitrogen and oxygen atoms in total. The fourth-order valence-electron chi connectivity index (χ4n) is 6.94. The number of hydrogen-bond acceptors (Lipinski definition) is 14. The largest absolute Gasteiger partial charge is 0.444 e. The highest BCUT2D eigenvalue weighted by Gasteiger charge is 2.38. The molecule has 1 aromatic rings. The molecule has 378 valence electrons. The summed E-state index contributed by atoms with van der Waals surface area (Å²) in [5.74, 6) is -3.49. The third-order valence-electron chi connectivity index (χ3n) is 10.1. The lowest BCUT2D eigenvalue weighted by Gasteiger charge is -2.33. The number of aryl methyl sites for hydroxylation is 1. The van der Waals surface area contributed by atoms with Gasteiger partial charge in [0, 0.05) is 78.2 Å². The molecule has 66 heavy (non-hydrogen) atoms. The van der Waals surface area contributed by atoms with E-state index in [-0.39, 0.29) is 38.5 Å². The third kappa shape index (κ3) is 21.7. The van der Waals surface area contributed by atoms with Crippen LogP contribution in [0.3, 0.4) is 0 Å². The average molecular weight is 939 g/mol. The van der Waals surface area contributed by atoms with Gasteiger partial charge in [-0.3, -0.25) is 29.2 Å². The van der Waals surface area contributed by atoms with E-state index in [2.05, 4.69) is 25.8 Å². The van der Waals surface area contributed by atoms with Crippen LogP contribution in [0.5, 0.6) is 0 Å². The highest BCUT2D eigenvalue weighted by Crippen LogP contribution is 2.23. The molecule has 6 amide bonds. The second-order valence-electron chi connectivity index (χ2n) is 21.5. The molecule has 0 aliphatic carbocycles. The van der Waals surface area contributed by atoms with Crippen LogP contribution in [-0.2, 0) is 41.7 Å². The Bertz CT molecular complexity index is 1730. The number of ether oxygens (including phenoxy) is 3. The van der Waals surface area contributed by atoms with Crippen molar-refractivity contribution in [1.29, 1.82) is 0 Å². The number of amides is 6. The van der Waals surface area contributed by atoms with Crippen LogP contribution in [0.1, 0.15) is 128 Å². The van der Waals surface area contributed by atoms with E-state index in [1.54, 1.807) is 81.7 Å². The van der Waals surface area contributed by atoms with Crippen LogP contribution in [-0.4, -0.2) is 169 Å². The number of aliphatic hydroxyl groups is 1. The van der Waals surface area contributed by atoms with E-state index in [1.165, 1.54) is 5.48 Å². The van der Waals surface area contributed by atoms with Crippen molar-refractivity contribution in [3.05, 3.63) is 11.9 Å². The summed E-state index contributed by atoms with van der Waals surface area (Å²) in [5.41, 5.74) is -0.852. The standard InChI is InChI=1S/C45H82N10O11/c1-31(2)28-33(34(56)37(58)49-63)36(57)47-35(42(3,4)5)38(59)46-18-15-23-55-30-32(48-50-55)29-51-19-16-20-53(40(61)65-44(9,10)11)26-27-54(41(62)66-45(12,13)14)22-17-21-52(25-24-51)39(60)64-43(6,7)8/h30-31,33-35,56,63H,15-29H2,1-14H3,(H,46,59)(H,47,57)(H,49,58). The predicted octanol–water partition coefficient (Wildman–Crippen LogP) is 4.15. The van der Waals surface area contributed by atoms with Gasteiger partial charge in [0.05, 0.1) is 11.6 Å². The van der Waals surface area contributed by atoms with Gasteiger partial charge in [0.1, 0.15) is 28.9 Å². The van der Waals surface area contributed by atoms with E-state index in [4.69, 9.17) is 19.4 Å². The van der Waals surface area contributed by atoms with E-state index < -0.39 is 76.3 Å². The molecule has 1 aliphatic rings. The maximum atomic E-state index is 13.5. The summed E-state index contributed by atoms with van der Waals surface area (Å²) < 4.78 is 18.9. The quantitative estimate of drug-likeness (QED) is 0.0807. The average Bonchev–Trinajstić information content (AvgIpc) is 3.62. The zero-order valence-corrected chi connectivity index (χ0v) is 42.2. The van der Waals surface area contributed by atoms with E-state index in [1.807, 2.05) is 40.8 Å². The number of hydroxylamine groups is 1. The summed E-state index contributed by atoms with van der Waals surface area (Å²) in [4.78, 5) is 86.0. The number of carbonyl (C=O) groups is 6. The lowest BCUT2D eigenvalue weighted by Crippen LogP contribution is -2.56. The van der Waals surface area contributed by atoms with Gasteiger partial charge in [-0.2, -0.15) is 0 Å². The first-order valence-electron chi connectivity index (χ1n) is 23.1. The number of rotatable bonds is 13. The van der Waals surface area contributed by atoms with Gasteiger partial charge in [-0.05, 0) is 99.3 Å². The highest BCUT2D eigenvalue weighted by molar-refractivity contribution is 5.92. The van der Waals surface area contributed by atoms with E-state index in [0.29, 0.717) is 70.8 Å². The molecule has 2 heterocycles. The third-order valence-corrected chi connectivity index (χ3v) is 10.1. The lowest BCUT2D eigenvalue weighted by molar-refractivity contribution is -0.147. The summed E-state index contributed by atoms with van der Waals surface area (Å²) in [5, 5.41) is 33.9. The van der Waals surface area contributed by atoms with Crippen molar-refractivity contribution in [2.75, 3.05) is 58.9 Å². The summed E-state index contributed by atoms with van der Waals surface area (Å²) in [6.45, 7) is 28.9. The molecule has 0 saturated carbocycles. The van der Waals surface area contributed by atoms with E-state index >= 15 is 0 Å². The van der Waals surface area contributed by atoms with Crippen LogP contribution in [0.15, 0.2) is 6.20 Å². The Hall–Kier alpha value is -4.76. The number of nitrogens with one attached hydrogen (secondary N) is 3. The maximum Gasteiger partial charge on any atom is 0.410 e. The molecular weight excluding hydrogens is 857 g/mol. The van der Waals surface area contributed by atoms with Crippen molar-refractivity contribution >= 4 is 36.0 Å². The van der Waals surface area contributed by atoms with Crippen molar-refractivity contribution in [1.82, 2.24) is 50.7 Å². The van der Waals surface area contributed by atoms with Gasteiger partial charge in [-0.15, -0.1) is 5.10 Å². The molecule has 5 N–H and O–H groups in total. The Kier molecular flexibility index (Phi) is 22.1. The molecule has 1 fully saturated rings. The topological polar surface area (TPSA) is 250 Å². The summed E-state index contributed by atoms with van der Waals surface area (Å²) >= 11 is 0. The Balaban J connectivity index is 2.22. The van der Waals surface area contributed by atoms with Gasteiger partial charge in [-0.1, -0.05) is 39.8 Å². The highest BCUT2D eigenvalue weighted by atomic mass is 16.6. The number of aromatic nitrogens is 3. The van der Waals surface area contributed by atoms with Gasteiger partial charge in [0.15, 0.2) is 0 Å². The molecule has 0 radical (unpaired) electrons. The molecule has 1 aliphatic heterocycles. The van der Waals surface area contributed by atoms with Crippen LogP contribution < -0.4 is 16.1 Å². The van der Waals surface area contributed by atoms with Crippen molar-refractivity contribution < 1.29 is 53.3 Å². The van der Waals surface area contributed by atoms with Crippen LogP contribution in [0.4, 0.5) is 14.4 Å². The fraction of sp³-hybridized carbons (Fsp3) is 0.822. The zero-order chi connectivity index (χ0) is 50.2. The Morgan fingerprint density at radius 2 is 1.15 bits per heavy atom. The monoisotopic (exact) mass is 939 g/mol. The molecule has 2 rings (SSSR count). The number of carbonyl (C=O) groups excluding carboxylic acids is 6. The van der Waals surface area contributed by atoms with Crippen LogP contribution >= 0.6 is 0 Å². The first-order valence-corrected chi connectivity index (χ1v) is 23.1. The normalized spacial score (nSPS) is 17.0. The summed E-state index contributed by atoms with van der Waals surface area (Å²) in [6, 6.07) is -0.995. The predicted molar refractivity (Wildman–Crippen MR) is 246 cm³/mol. The van der Waals surface area contributed by atoms with Crippen molar-refractivity contribution in [3.8, 4) is 0 Å². The molecule has 1 aromatic heterocycles. The number of hydrogen-bond donors (Lipinski definition) is 5. The van der Waals surface area contributed by atoms with Gasteiger partial charge < -0.3 is 44.7 Å². The second kappa shape index (κ2) is 25.4. The molecule has 3 unspecified atom stereocenters. The van der Waals surface area contributed by atoms with E-state index in [0.717, 1.165) is 0 Å². The lowest BCUT2D eigenvalue weighted by atomic mass is 9.84. The van der Waals surface area contributed by atoms with E-state index in [9.17, 15) is 33.9 Å². The van der Waals surface area contributed by atoms with Crippen molar-refractivity contribution in [2.45, 2.75) is 165 Å². The second-order valence-corrected chi connectivity index (χ2v) is 21.5.